The Morgan fingerprint density at radius 3 is 2.56 bits per heavy atom. The second-order valence-corrected chi connectivity index (χ2v) is 4.45. The highest BCUT2D eigenvalue weighted by Crippen LogP contribution is 2.12. The van der Waals surface area contributed by atoms with Crippen LogP contribution in [0, 0.1) is 24.1 Å². The van der Waals surface area contributed by atoms with E-state index >= 15 is 0 Å². The summed E-state index contributed by atoms with van der Waals surface area (Å²) >= 11 is 0. The van der Waals surface area contributed by atoms with Crippen molar-refractivity contribution < 1.29 is 4.39 Å². The topological polar surface area (TPSA) is 23.8 Å². The Bertz CT molecular complexity index is 576. The van der Waals surface area contributed by atoms with Gasteiger partial charge >= 0.3 is 0 Å². The van der Waals surface area contributed by atoms with E-state index in [1.54, 1.807) is 12.1 Å². The van der Waals surface area contributed by atoms with Gasteiger partial charge in [0.25, 0.3) is 0 Å². The fourth-order valence-corrected chi connectivity index (χ4v) is 2.04. The van der Waals surface area contributed by atoms with Gasteiger partial charge in [0.05, 0.1) is 11.6 Å². The van der Waals surface area contributed by atoms with E-state index in [4.69, 9.17) is 5.26 Å². The van der Waals surface area contributed by atoms with Crippen LogP contribution in [0.25, 0.3) is 0 Å². The van der Waals surface area contributed by atoms with Gasteiger partial charge in [0.2, 0.25) is 0 Å². The first kappa shape index (κ1) is 12.3. The SMILES string of the molecule is Cc1cc(F)cc(CCc2cccc(C#N)c2)c1. The Balaban J connectivity index is 2.09. The summed E-state index contributed by atoms with van der Waals surface area (Å²) in [6.45, 7) is 1.89. The molecule has 0 atom stereocenters. The van der Waals surface area contributed by atoms with Gasteiger partial charge in [-0.3, -0.25) is 0 Å². The number of rotatable bonds is 3. The molecule has 0 unspecified atom stereocenters. The number of aryl methyl sites for hydroxylation is 3. The molecule has 0 heterocycles. The molecule has 1 nitrogen and oxygen atoms in total. The van der Waals surface area contributed by atoms with Crippen LogP contribution in [0.5, 0.6) is 0 Å². The van der Waals surface area contributed by atoms with Crippen LogP contribution in [0.2, 0.25) is 0 Å². The van der Waals surface area contributed by atoms with E-state index < -0.39 is 0 Å². The summed E-state index contributed by atoms with van der Waals surface area (Å²) in [4.78, 5) is 0. The van der Waals surface area contributed by atoms with Crippen molar-refractivity contribution in [1.29, 1.82) is 5.26 Å². The summed E-state index contributed by atoms with van der Waals surface area (Å²) in [7, 11) is 0. The fourth-order valence-electron chi connectivity index (χ4n) is 2.04. The van der Waals surface area contributed by atoms with Crippen LogP contribution >= 0.6 is 0 Å². The number of benzene rings is 2. The molecule has 2 aromatic carbocycles. The van der Waals surface area contributed by atoms with Crippen LogP contribution in [0.15, 0.2) is 42.5 Å². The second kappa shape index (κ2) is 5.46. The van der Waals surface area contributed by atoms with Gasteiger partial charge in [-0.1, -0.05) is 18.2 Å². The van der Waals surface area contributed by atoms with Gasteiger partial charge in [-0.2, -0.15) is 5.26 Å². The smallest absolute Gasteiger partial charge is 0.123 e. The van der Waals surface area contributed by atoms with Crippen molar-refractivity contribution in [1.82, 2.24) is 0 Å². The maximum Gasteiger partial charge on any atom is 0.123 e. The minimum atomic E-state index is -0.184. The van der Waals surface area contributed by atoms with Crippen molar-refractivity contribution in [3.63, 3.8) is 0 Å². The third kappa shape index (κ3) is 3.18. The molecule has 0 fully saturated rings. The third-order valence-corrected chi connectivity index (χ3v) is 2.86. The fraction of sp³-hybridized carbons (Fsp3) is 0.188. The molecule has 0 aliphatic carbocycles. The molecule has 0 bridgehead atoms. The summed E-state index contributed by atoms with van der Waals surface area (Å²) in [5.74, 6) is -0.184. The highest BCUT2D eigenvalue weighted by atomic mass is 19.1. The molecule has 0 aliphatic rings. The quantitative estimate of drug-likeness (QED) is 0.799. The Morgan fingerprint density at radius 1 is 1.06 bits per heavy atom. The molecule has 0 amide bonds. The van der Waals surface area contributed by atoms with Crippen molar-refractivity contribution in [3.8, 4) is 6.07 Å². The molecule has 0 radical (unpaired) electrons. The summed E-state index contributed by atoms with van der Waals surface area (Å²) in [6.07, 6.45) is 1.60. The molecule has 0 aromatic heterocycles. The average molecular weight is 239 g/mol. The lowest BCUT2D eigenvalue weighted by Crippen LogP contribution is -1.93. The number of hydrogen-bond acceptors (Lipinski definition) is 1. The molecule has 2 rings (SSSR count). The predicted octanol–water partition coefficient (Wildman–Crippen LogP) is 3.79. The van der Waals surface area contributed by atoms with Gasteiger partial charge in [-0.05, 0) is 60.7 Å². The molecule has 90 valence electrons. The van der Waals surface area contributed by atoms with Crippen LogP contribution in [-0.4, -0.2) is 0 Å². The lowest BCUT2D eigenvalue weighted by molar-refractivity contribution is 0.624. The minimum absolute atomic E-state index is 0.184. The molecular weight excluding hydrogens is 225 g/mol. The average Bonchev–Trinajstić information content (AvgIpc) is 2.35. The Morgan fingerprint density at radius 2 is 1.83 bits per heavy atom. The van der Waals surface area contributed by atoms with Crippen molar-refractivity contribution >= 4 is 0 Å². The van der Waals surface area contributed by atoms with Crippen LogP contribution in [0.1, 0.15) is 22.3 Å². The molecule has 0 N–H and O–H groups in total. The first-order valence-corrected chi connectivity index (χ1v) is 5.92. The summed E-state index contributed by atoms with van der Waals surface area (Å²) < 4.78 is 13.2. The lowest BCUT2D eigenvalue weighted by atomic mass is 10.0. The van der Waals surface area contributed by atoms with Crippen LogP contribution in [0.3, 0.4) is 0 Å². The summed E-state index contributed by atoms with van der Waals surface area (Å²) in [5.41, 5.74) is 3.71. The highest BCUT2D eigenvalue weighted by Gasteiger charge is 2.00. The maximum atomic E-state index is 13.2. The molecule has 2 aromatic rings. The zero-order valence-corrected chi connectivity index (χ0v) is 10.3. The minimum Gasteiger partial charge on any atom is -0.207 e. The van der Waals surface area contributed by atoms with E-state index in [-0.39, 0.29) is 5.82 Å². The largest absolute Gasteiger partial charge is 0.207 e. The molecular formula is C16H14FN. The zero-order chi connectivity index (χ0) is 13.0. The number of halogens is 1. The van der Waals surface area contributed by atoms with Gasteiger partial charge in [0.15, 0.2) is 0 Å². The standard InChI is InChI=1S/C16H14FN/c1-12-7-14(10-16(17)8-12)6-5-13-3-2-4-15(9-13)11-18/h2-4,7-10H,5-6H2,1H3. The molecule has 0 saturated heterocycles. The monoisotopic (exact) mass is 239 g/mol. The van der Waals surface area contributed by atoms with Crippen molar-refractivity contribution in [2.24, 2.45) is 0 Å². The molecule has 2 heteroatoms. The van der Waals surface area contributed by atoms with Gasteiger partial charge in [0.1, 0.15) is 5.82 Å². The predicted molar refractivity (Wildman–Crippen MR) is 69.7 cm³/mol. The highest BCUT2D eigenvalue weighted by molar-refractivity contribution is 5.33. The molecule has 18 heavy (non-hydrogen) atoms. The Hall–Kier alpha value is -2.14. The van der Waals surface area contributed by atoms with Crippen LogP contribution in [0.4, 0.5) is 4.39 Å². The second-order valence-electron chi connectivity index (χ2n) is 4.45. The van der Waals surface area contributed by atoms with Crippen molar-refractivity contribution in [2.75, 3.05) is 0 Å². The normalized spacial score (nSPS) is 10.1. The van der Waals surface area contributed by atoms with E-state index in [0.29, 0.717) is 5.56 Å². The Labute approximate surface area is 107 Å². The number of nitrogens with zero attached hydrogens (tertiary/aromatic N) is 1. The maximum absolute atomic E-state index is 13.2. The van der Waals surface area contributed by atoms with Crippen LogP contribution in [-0.2, 0) is 12.8 Å². The van der Waals surface area contributed by atoms with Gasteiger partial charge in [-0.15, -0.1) is 0 Å². The van der Waals surface area contributed by atoms with Gasteiger partial charge < -0.3 is 0 Å². The van der Waals surface area contributed by atoms with Crippen molar-refractivity contribution in [3.05, 3.63) is 70.5 Å². The van der Waals surface area contributed by atoms with Gasteiger partial charge in [0, 0.05) is 0 Å². The van der Waals surface area contributed by atoms with E-state index in [9.17, 15) is 4.39 Å². The molecule has 0 aliphatic heterocycles. The Kier molecular flexibility index (Phi) is 3.74. The van der Waals surface area contributed by atoms with Crippen molar-refractivity contribution in [2.45, 2.75) is 19.8 Å². The third-order valence-electron chi connectivity index (χ3n) is 2.86. The van der Waals surface area contributed by atoms with E-state index in [1.807, 2.05) is 31.2 Å². The van der Waals surface area contributed by atoms with E-state index in [0.717, 1.165) is 29.5 Å². The zero-order valence-electron chi connectivity index (χ0n) is 10.3. The summed E-state index contributed by atoms with van der Waals surface area (Å²) in [5, 5.41) is 8.82. The first-order chi connectivity index (χ1) is 8.67. The summed E-state index contributed by atoms with van der Waals surface area (Å²) in [6, 6.07) is 14.8. The number of hydrogen-bond donors (Lipinski definition) is 0. The van der Waals surface area contributed by atoms with E-state index in [2.05, 4.69) is 6.07 Å². The first-order valence-electron chi connectivity index (χ1n) is 5.92. The molecule has 0 spiro atoms. The number of nitriles is 1. The van der Waals surface area contributed by atoms with Gasteiger partial charge in [-0.25, -0.2) is 4.39 Å². The van der Waals surface area contributed by atoms with E-state index in [1.165, 1.54) is 6.07 Å². The molecule has 0 saturated carbocycles. The lowest BCUT2D eigenvalue weighted by Gasteiger charge is -2.04. The van der Waals surface area contributed by atoms with Crippen LogP contribution < -0.4 is 0 Å².